The average molecular weight is 393 g/mol. The first-order valence-electron chi connectivity index (χ1n) is 9.74. The number of hydrogen-bond acceptors (Lipinski definition) is 4. The number of nitrogens with one attached hydrogen (secondary N) is 1. The highest BCUT2D eigenvalue weighted by molar-refractivity contribution is 6.03. The van der Waals surface area contributed by atoms with Crippen LogP contribution in [0.1, 0.15) is 32.3 Å². The number of methoxy groups -OCH3 is 2. The number of benzene rings is 2. The van der Waals surface area contributed by atoms with Crippen molar-refractivity contribution in [3.63, 3.8) is 0 Å². The van der Waals surface area contributed by atoms with Crippen LogP contribution in [0.3, 0.4) is 0 Å². The van der Waals surface area contributed by atoms with Crippen molar-refractivity contribution in [2.75, 3.05) is 20.8 Å². The Hall–Kier alpha value is -3.28. The molecule has 0 unspecified atom stereocenters. The maximum Gasteiger partial charge on any atom is 0.280 e. The molecule has 0 spiro atoms. The minimum Gasteiger partial charge on any atom is -0.497 e. The van der Waals surface area contributed by atoms with Crippen molar-refractivity contribution < 1.29 is 9.47 Å². The molecule has 6 nitrogen and oxygen atoms in total. The number of ether oxygens (including phenoxy) is 2. The van der Waals surface area contributed by atoms with E-state index < -0.39 is 0 Å². The second kappa shape index (κ2) is 9.28. The van der Waals surface area contributed by atoms with E-state index in [1.807, 2.05) is 55.5 Å². The summed E-state index contributed by atoms with van der Waals surface area (Å²) in [5, 5.41) is 3.27. The third kappa shape index (κ3) is 4.42. The van der Waals surface area contributed by atoms with Crippen molar-refractivity contribution >= 4 is 5.71 Å². The monoisotopic (exact) mass is 393 g/mol. The van der Waals surface area contributed by atoms with Gasteiger partial charge in [0.2, 0.25) is 0 Å². The van der Waals surface area contributed by atoms with E-state index in [2.05, 4.69) is 17.0 Å². The largest absolute Gasteiger partial charge is 0.497 e. The topological polar surface area (TPSA) is 68.6 Å². The van der Waals surface area contributed by atoms with Crippen molar-refractivity contribution in [2.45, 2.75) is 26.7 Å². The molecule has 29 heavy (non-hydrogen) atoms. The number of aliphatic imine (C=N–C) groups is 1. The van der Waals surface area contributed by atoms with E-state index in [-0.39, 0.29) is 5.56 Å². The van der Waals surface area contributed by atoms with Crippen LogP contribution in [-0.4, -0.2) is 36.3 Å². The number of unbranched alkanes of at least 4 members (excludes halogenated alkanes) is 1. The summed E-state index contributed by atoms with van der Waals surface area (Å²) in [5.41, 5.74) is 3.57. The van der Waals surface area contributed by atoms with Gasteiger partial charge in [0.1, 0.15) is 11.5 Å². The minimum absolute atomic E-state index is 0.126. The second-order valence-electron chi connectivity index (χ2n) is 6.75. The fourth-order valence-corrected chi connectivity index (χ4v) is 3.14. The molecule has 0 fully saturated rings. The second-order valence-corrected chi connectivity index (χ2v) is 6.75. The minimum atomic E-state index is -0.126. The van der Waals surface area contributed by atoms with Crippen LogP contribution in [0.4, 0.5) is 0 Å². The molecule has 0 amide bonds. The lowest BCUT2D eigenvalue weighted by atomic mass is 10.0. The van der Waals surface area contributed by atoms with E-state index in [1.165, 1.54) is 0 Å². The van der Waals surface area contributed by atoms with Crippen LogP contribution in [-0.2, 0) is 0 Å². The summed E-state index contributed by atoms with van der Waals surface area (Å²) in [6.07, 6.45) is 2.05. The quantitative estimate of drug-likeness (QED) is 0.454. The molecular formula is C23H27N3O3. The summed E-state index contributed by atoms with van der Waals surface area (Å²) in [6, 6.07) is 15.0. The van der Waals surface area contributed by atoms with Gasteiger partial charge in [-0.2, -0.15) is 0 Å². The number of H-pyrrole nitrogens is 1. The van der Waals surface area contributed by atoms with Crippen LogP contribution in [0.5, 0.6) is 11.5 Å². The lowest BCUT2D eigenvalue weighted by molar-refractivity contribution is 0.414. The van der Waals surface area contributed by atoms with Gasteiger partial charge in [-0.25, -0.2) is 4.68 Å². The first-order valence-corrected chi connectivity index (χ1v) is 9.74. The SMILES string of the molecule is CCCCN=C(C)c1c(-c2ccc(OC)cc2)[nH]n(-c2ccc(OC)cc2)c1=O. The van der Waals surface area contributed by atoms with E-state index in [1.54, 1.807) is 18.9 Å². The predicted octanol–water partition coefficient (Wildman–Crippen LogP) is 4.46. The molecule has 1 N–H and O–H groups in total. The van der Waals surface area contributed by atoms with Gasteiger partial charge in [0.05, 0.1) is 31.2 Å². The maximum absolute atomic E-state index is 13.3. The van der Waals surface area contributed by atoms with Gasteiger partial charge in [-0.3, -0.25) is 14.9 Å². The summed E-state index contributed by atoms with van der Waals surface area (Å²) in [7, 11) is 3.25. The van der Waals surface area contributed by atoms with Crippen molar-refractivity contribution in [3.8, 4) is 28.4 Å². The molecule has 0 radical (unpaired) electrons. The molecule has 3 rings (SSSR count). The molecular weight excluding hydrogens is 366 g/mol. The molecule has 0 saturated heterocycles. The zero-order valence-electron chi connectivity index (χ0n) is 17.4. The van der Waals surface area contributed by atoms with Gasteiger partial charge < -0.3 is 9.47 Å². The van der Waals surface area contributed by atoms with Gasteiger partial charge >= 0.3 is 0 Å². The molecule has 0 saturated carbocycles. The standard InChI is InChI=1S/C23H27N3O3/c1-5-6-15-24-16(2)21-22(17-7-11-19(28-3)12-8-17)25-26(23(21)27)18-9-13-20(29-4)14-10-18/h7-14,25H,5-6,15H2,1-4H3. The fraction of sp³-hybridized carbons (Fsp3) is 0.304. The summed E-state index contributed by atoms with van der Waals surface area (Å²) < 4.78 is 12.0. The first kappa shape index (κ1) is 20.5. The molecule has 0 aliphatic carbocycles. The lowest BCUT2D eigenvalue weighted by Crippen LogP contribution is -2.19. The van der Waals surface area contributed by atoms with Crippen molar-refractivity contribution in [2.24, 2.45) is 4.99 Å². The van der Waals surface area contributed by atoms with Crippen LogP contribution in [0.2, 0.25) is 0 Å². The summed E-state index contributed by atoms with van der Waals surface area (Å²) >= 11 is 0. The third-order valence-electron chi connectivity index (χ3n) is 4.82. The van der Waals surface area contributed by atoms with E-state index in [4.69, 9.17) is 9.47 Å². The van der Waals surface area contributed by atoms with Crippen molar-refractivity contribution in [3.05, 3.63) is 64.4 Å². The van der Waals surface area contributed by atoms with Crippen LogP contribution in [0.25, 0.3) is 16.9 Å². The van der Waals surface area contributed by atoms with Crippen LogP contribution < -0.4 is 15.0 Å². The number of hydrogen-bond donors (Lipinski definition) is 1. The lowest BCUT2D eigenvalue weighted by Gasteiger charge is -2.05. The molecule has 152 valence electrons. The highest BCUT2D eigenvalue weighted by atomic mass is 16.5. The molecule has 3 aromatic rings. The molecule has 1 heterocycles. The third-order valence-corrected chi connectivity index (χ3v) is 4.82. The van der Waals surface area contributed by atoms with E-state index >= 15 is 0 Å². The smallest absolute Gasteiger partial charge is 0.280 e. The van der Waals surface area contributed by atoms with Gasteiger partial charge in [0.25, 0.3) is 5.56 Å². The Balaban J connectivity index is 2.13. The van der Waals surface area contributed by atoms with Crippen molar-refractivity contribution in [1.82, 2.24) is 9.78 Å². The number of aromatic nitrogens is 2. The molecule has 1 aromatic heterocycles. The number of aromatic amines is 1. The van der Waals surface area contributed by atoms with Crippen LogP contribution in [0, 0.1) is 0 Å². The van der Waals surface area contributed by atoms with Crippen molar-refractivity contribution in [1.29, 1.82) is 0 Å². The Kier molecular flexibility index (Phi) is 6.54. The van der Waals surface area contributed by atoms with Gasteiger partial charge in [-0.1, -0.05) is 13.3 Å². The normalized spacial score (nSPS) is 11.5. The van der Waals surface area contributed by atoms with Gasteiger partial charge in [0.15, 0.2) is 0 Å². The summed E-state index contributed by atoms with van der Waals surface area (Å²) in [6.45, 7) is 4.73. The number of nitrogens with zero attached hydrogens (tertiary/aromatic N) is 2. The molecule has 0 atom stereocenters. The predicted molar refractivity (Wildman–Crippen MR) is 117 cm³/mol. The maximum atomic E-state index is 13.3. The molecule has 2 aromatic carbocycles. The zero-order valence-corrected chi connectivity index (χ0v) is 17.4. The van der Waals surface area contributed by atoms with Gasteiger partial charge in [-0.05, 0) is 61.9 Å². The Morgan fingerprint density at radius 1 is 1.00 bits per heavy atom. The van der Waals surface area contributed by atoms with E-state index in [0.29, 0.717) is 12.1 Å². The van der Waals surface area contributed by atoms with Crippen LogP contribution >= 0.6 is 0 Å². The molecule has 0 aliphatic rings. The fourth-order valence-electron chi connectivity index (χ4n) is 3.14. The Morgan fingerprint density at radius 3 is 2.14 bits per heavy atom. The highest BCUT2D eigenvalue weighted by Crippen LogP contribution is 2.24. The zero-order chi connectivity index (χ0) is 20.8. The summed E-state index contributed by atoms with van der Waals surface area (Å²) in [5.74, 6) is 1.50. The first-order chi connectivity index (χ1) is 14.1. The Morgan fingerprint density at radius 2 is 1.59 bits per heavy atom. The van der Waals surface area contributed by atoms with Crippen LogP contribution in [0.15, 0.2) is 58.3 Å². The summed E-state index contributed by atoms with van der Waals surface area (Å²) in [4.78, 5) is 17.9. The molecule has 0 bridgehead atoms. The Labute approximate surface area is 170 Å². The molecule has 0 aliphatic heterocycles. The van der Waals surface area contributed by atoms with Gasteiger partial charge in [-0.15, -0.1) is 0 Å². The Bertz CT molecular complexity index is 1030. The van der Waals surface area contributed by atoms with Gasteiger partial charge in [0, 0.05) is 17.8 Å². The van der Waals surface area contributed by atoms with E-state index in [9.17, 15) is 4.79 Å². The number of rotatable bonds is 8. The average Bonchev–Trinajstić information content (AvgIpc) is 3.11. The van der Waals surface area contributed by atoms with E-state index in [0.717, 1.165) is 47.0 Å². The highest BCUT2D eigenvalue weighted by Gasteiger charge is 2.19. The molecule has 6 heteroatoms.